The molecule has 2 rings (SSSR count). The van der Waals surface area contributed by atoms with Crippen molar-refractivity contribution in [3.8, 4) is 0 Å². The van der Waals surface area contributed by atoms with E-state index < -0.39 is 0 Å². The van der Waals surface area contributed by atoms with E-state index in [0.29, 0.717) is 11.0 Å². The number of anilines is 1. The molecular formula is C12H13N3OS2. The zero-order valence-corrected chi connectivity index (χ0v) is 11.7. The Labute approximate surface area is 113 Å². The van der Waals surface area contributed by atoms with Gasteiger partial charge < -0.3 is 0 Å². The summed E-state index contributed by atoms with van der Waals surface area (Å²) in [6.45, 7) is 4.09. The number of thiophene rings is 1. The van der Waals surface area contributed by atoms with Crippen molar-refractivity contribution in [2.75, 3.05) is 5.32 Å². The molecule has 4 nitrogen and oxygen atoms in total. The summed E-state index contributed by atoms with van der Waals surface area (Å²) in [5.74, 6) is 0.141. The molecule has 2 aromatic rings. The van der Waals surface area contributed by atoms with E-state index in [-0.39, 0.29) is 5.91 Å². The number of amides is 1. The minimum atomic E-state index is -0.187. The Morgan fingerprint density at radius 3 is 2.89 bits per heavy atom. The first-order chi connectivity index (χ1) is 8.65. The van der Waals surface area contributed by atoms with Crippen LogP contribution in [0.25, 0.3) is 6.08 Å². The molecule has 2 aromatic heterocycles. The van der Waals surface area contributed by atoms with Crippen LogP contribution in [0.5, 0.6) is 0 Å². The van der Waals surface area contributed by atoms with Gasteiger partial charge >= 0.3 is 0 Å². The highest BCUT2D eigenvalue weighted by Gasteiger charge is 2.08. The molecule has 0 aliphatic carbocycles. The molecule has 0 aliphatic rings. The molecule has 0 spiro atoms. The summed E-state index contributed by atoms with van der Waals surface area (Å²) in [4.78, 5) is 11.6. The van der Waals surface area contributed by atoms with Gasteiger partial charge in [0, 0.05) is 12.0 Å². The second-order valence-electron chi connectivity index (χ2n) is 3.98. The van der Waals surface area contributed by atoms with E-state index in [1.54, 1.807) is 17.4 Å². The van der Waals surface area contributed by atoms with Gasteiger partial charge in [-0.05, 0) is 28.5 Å². The van der Waals surface area contributed by atoms with E-state index in [9.17, 15) is 4.79 Å². The monoisotopic (exact) mass is 279 g/mol. The molecule has 1 N–H and O–H groups in total. The molecule has 0 fully saturated rings. The SMILES string of the molecule is CC(C)c1nnc(NC(=O)C=Cc2ccsc2)s1. The third kappa shape index (κ3) is 3.48. The smallest absolute Gasteiger partial charge is 0.250 e. The second kappa shape index (κ2) is 5.88. The average molecular weight is 279 g/mol. The van der Waals surface area contributed by atoms with Crippen molar-refractivity contribution in [1.82, 2.24) is 10.2 Å². The van der Waals surface area contributed by atoms with E-state index >= 15 is 0 Å². The summed E-state index contributed by atoms with van der Waals surface area (Å²) in [7, 11) is 0. The molecule has 94 valence electrons. The molecule has 18 heavy (non-hydrogen) atoms. The molecule has 6 heteroatoms. The molecule has 1 amide bonds. The Balaban J connectivity index is 1.94. The number of rotatable bonds is 4. The molecule has 0 aliphatic heterocycles. The molecule has 0 unspecified atom stereocenters. The molecular weight excluding hydrogens is 266 g/mol. The second-order valence-corrected chi connectivity index (χ2v) is 5.77. The lowest BCUT2D eigenvalue weighted by atomic mass is 10.2. The predicted molar refractivity (Wildman–Crippen MR) is 76.0 cm³/mol. The van der Waals surface area contributed by atoms with E-state index in [2.05, 4.69) is 15.5 Å². The Hall–Kier alpha value is -1.53. The van der Waals surface area contributed by atoms with Gasteiger partial charge in [0.1, 0.15) is 5.01 Å². The van der Waals surface area contributed by atoms with Gasteiger partial charge in [0.15, 0.2) is 0 Å². The number of nitrogens with zero attached hydrogens (tertiary/aromatic N) is 2. The lowest BCUT2D eigenvalue weighted by Gasteiger charge is -1.95. The van der Waals surface area contributed by atoms with Crippen LogP contribution in [0.4, 0.5) is 5.13 Å². The van der Waals surface area contributed by atoms with Gasteiger partial charge in [-0.3, -0.25) is 10.1 Å². The predicted octanol–water partition coefficient (Wildman–Crippen LogP) is 3.37. The molecule has 0 saturated heterocycles. The van der Waals surface area contributed by atoms with Crippen molar-refractivity contribution in [3.05, 3.63) is 33.5 Å². The highest BCUT2D eigenvalue weighted by atomic mass is 32.1. The zero-order chi connectivity index (χ0) is 13.0. The van der Waals surface area contributed by atoms with Gasteiger partial charge in [-0.2, -0.15) is 11.3 Å². The third-order valence-electron chi connectivity index (χ3n) is 2.14. The number of hydrogen-bond donors (Lipinski definition) is 1. The fraction of sp³-hybridized carbons (Fsp3) is 0.250. The van der Waals surface area contributed by atoms with Crippen LogP contribution in [0.1, 0.15) is 30.3 Å². The number of hydrogen-bond acceptors (Lipinski definition) is 5. The Kier molecular flexibility index (Phi) is 4.22. The molecule has 2 heterocycles. The largest absolute Gasteiger partial charge is 0.297 e. The first kappa shape index (κ1) is 12.9. The van der Waals surface area contributed by atoms with Crippen molar-refractivity contribution in [2.45, 2.75) is 19.8 Å². The number of nitrogens with one attached hydrogen (secondary N) is 1. The van der Waals surface area contributed by atoms with E-state index in [1.807, 2.05) is 30.7 Å². The van der Waals surface area contributed by atoms with Crippen molar-refractivity contribution >= 4 is 39.8 Å². The topological polar surface area (TPSA) is 54.9 Å². The quantitative estimate of drug-likeness (QED) is 0.873. The summed E-state index contributed by atoms with van der Waals surface area (Å²) in [6.07, 6.45) is 3.27. The zero-order valence-electron chi connectivity index (χ0n) is 10.1. The first-order valence-corrected chi connectivity index (χ1v) is 7.26. The highest BCUT2D eigenvalue weighted by molar-refractivity contribution is 7.15. The van der Waals surface area contributed by atoms with Crippen LogP contribution in [0, 0.1) is 0 Å². The van der Waals surface area contributed by atoms with Crippen molar-refractivity contribution in [3.63, 3.8) is 0 Å². The first-order valence-electron chi connectivity index (χ1n) is 5.50. The van der Waals surface area contributed by atoms with Gasteiger partial charge in [0.25, 0.3) is 0 Å². The number of aromatic nitrogens is 2. The molecule has 0 aromatic carbocycles. The summed E-state index contributed by atoms with van der Waals surface area (Å²) < 4.78 is 0. The molecule has 0 bridgehead atoms. The minimum Gasteiger partial charge on any atom is -0.297 e. The van der Waals surface area contributed by atoms with Crippen molar-refractivity contribution in [2.24, 2.45) is 0 Å². The molecule has 0 atom stereocenters. The van der Waals surface area contributed by atoms with E-state index in [4.69, 9.17) is 0 Å². The summed E-state index contributed by atoms with van der Waals surface area (Å²) in [6, 6.07) is 1.95. The van der Waals surface area contributed by atoms with Crippen LogP contribution >= 0.6 is 22.7 Å². The third-order valence-corrected chi connectivity index (χ3v) is 3.98. The maximum absolute atomic E-state index is 11.6. The number of carbonyl (C=O) groups excluding carboxylic acids is 1. The van der Waals surface area contributed by atoms with Crippen LogP contribution < -0.4 is 5.32 Å². The Morgan fingerprint density at radius 2 is 2.28 bits per heavy atom. The number of carbonyl (C=O) groups is 1. The normalized spacial score (nSPS) is 11.3. The summed E-state index contributed by atoms with van der Waals surface area (Å²) in [5.41, 5.74) is 1.02. The average Bonchev–Trinajstić information content (AvgIpc) is 2.96. The fourth-order valence-electron chi connectivity index (χ4n) is 1.21. The van der Waals surface area contributed by atoms with Crippen LogP contribution in [-0.2, 0) is 4.79 Å². The van der Waals surface area contributed by atoms with Gasteiger partial charge in [-0.15, -0.1) is 10.2 Å². The lowest BCUT2D eigenvalue weighted by Crippen LogP contribution is -2.07. The maximum atomic E-state index is 11.6. The van der Waals surface area contributed by atoms with E-state index in [1.165, 1.54) is 17.4 Å². The minimum absolute atomic E-state index is 0.187. The summed E-state index contributed by atoms with van der Waals surface area (Å²) in [5, 5.41) is 16.1. The van der Waals surface area contributed by atoms with Crippen LogP contribution in [-0.4, -0.2) is 16.1 Å². The van der Waals surface area contributed by atoms with Crippen LogP contribution in [0.15, 0.2) is 22.9 Å². The lowest BCUT2D eigenvalue weighted by molar-refractivity contribution is -0.111. The summed E-state index contributed by atoms with van der Waals surface area (Å²) >= 11 is 3.01. The van der Waals surface area contributed by atoms with Crippen LogP contribution in [0.3, 0.4) is 0 Å². The molecule has 0 saturated carbocycles. The van der Waals surface area contributed by atoms with Gasteiger partial charge in [0.05, 0.1) is 0 Å². The van der Waals surface area contributed by atoms with Gasteiger partial charge in [-0.1, -0.05) is 25.2 Å². The Morgan fingerprint density at radius 1 is 1.44 bits per heavy atom. The van der Waals surface area contributed by atoms with Crippen molar-refractivity contribution in [1.29, 1.82) is 0 Å². The van der Waals surface area contributed by atoms with Gasteiger partial charge in [0.2, 0.25) is 11.0 Å². The maximum Gasteiger partial charge on any atom is 0.250 e. The fourth-order valence-corrected chi connectivity index (χ4v) is 2.58. The standard InChI is InChI=1S/C12H13N3OS2/c1-8(2)11-14-15-12(18-11)13-10(16)4-3-9-5-6-17-7-9/h3-8H,1-2H3,(H,13,15,16). The van der Waals surface area contributed by atoms with Crippen molar-refractivity contribution < 1.29 is 4.79 Å². The Bertz CT molecular complexity index is 543. The molecule has 0 radical (unpaired) electrons. The van der Waals surface area contributed by atoms with E-state index in [0.717, 1.165) is 10.6 Å². The highest BCUT2D eigenvalue weighted by Crippen LogP contribution is 2.22. The van der Waals surface area contributed by atoms with Crippen LogP contribution in [0.2, 0.25) is 0 Å². The van der Waals surface area contributed by atoms with Gasteiger partial charge in [-0.25, -0.2) is 0 Å².